The van der Waals surface area contributed by atoms with Gasteiger partial charge in [-0.3, -0.25) is 4.79 Å². The molecule has 1 N–H and O–H groups in total. The first kappa shape index (κ1) is 16.0. The molecule has 1 aliphatic carbocycles. The van der Waals surface area contributed by atoms with Crippen LogP contribution in [0, 0.1) is 0 Å². The molecule has 0 bridgehead atoms. The first-order valence-corrected chi connectivity index (χ1v) is 8.70. The minimum Gasteiger partial charge on any atom is -0.311 e. The molecule has 0 spiro atoms. The lowest BCUT2D eigenvalue weighted by Gasteiger charge is -2.14. The molecule has 2 aromatic rings. The van der Waals surface area contributed by atoms with E-state index in [4.69, 9.17) is 0 Å². The summed E-state index contributed by atoms with van der Waals surface area (Å²) >= 11 is 0. The molecule has 3 nitrogen and oxygen atoms in total. The van der Waals surface area contributed by atoms with Crippen molar-refractivity contribution in [1.82, 2.24) is 9.88 Å². The molecule has 122 valence electrons. The lowest BCUT2D eigenvalue weighted by molar-refractivity contribution is 0.521. The van der Waals surface area contributed by atoms with Crippen molar-refractivity contribution in [3.05, 3.63) is 57.9 Å². The molecule has 23 heavy (non-hydrogen) atoms. The summed E-state index contributed by atoms with van der Waals surface area (Å²) in [5.41, 5.74) is 4.34. The molecule has 1 saturated carbocycles. The van der Waals surface area contributed by atoms with E-state index < -0.39 is 0 Å². The molecule has 1 aromatic heterocycles. The van der Waals surface area contributed by atoms with Crippen molar-refractivity contribution in [2.24, 2.45) is 7.05 Å². The molecule has 1 fully saturated rings. The maximum atomic E-state index is 12.6. The summed E-state index contributed by atoms with van der Waals surface area (Å²) in [6, 6.07) is 13.1. The molecular weight excluding hydrogens is 284 g/mol. The number of hydrogen-bond acceptors (Lipinski definition) is 2. The molecule has 0 amide bonds. The second-order valence-electron chi connectivity index (χ2n) is 6.52. The van der Waals surface area contributed by atoms with Gasteiger partial charge in [0, 0.05) is 25.2 Å². The summed E-state index contributed by atoms with van der Waals surface area (Å²) in [6.07, 6.45) is 6.13. The van der Waals surface area contributed by atoms with Crippen molar-refractivity contribution >= 4 is 0 Å². The summed E-state index contributed by atoms with van der Waals surface area (Å²) < 4.78 is 1.77. The summed E-state index contributed by atoms with van der Waals surface area (Å²) in [4.78, 5) is 12.6. The van der Waals surface area contributed by atoms with Crippen LogP contribution in [0.15, 0.2) is 41.2 Å². The highest BCUT2D eigenvalue weighted by molar-refractivity contribution is 5.60. The fourth-order valence-corrected chi connectivity index (χ4v) is 3.41. The van der Waals surface area contributed by atoms with Crippen LogP contribution in [0.4, 0.5) is 0 Å². The highest BCUT2D eigenvalue weighted by atomic mass is 16.1. The lowest BCUT2D eigenvalue weighted by Crippen LogP contribution is -2.30. The normalized spacial score (nSPS) is 15.2. The monoisotopic (exact) mass is 310 g/mol. The number of aromatic nitrogens is 1. The quantitative estimate of drug-likeness (QED) is 0.914. The van der Waals surface area contributed by atoms with E-state index in [0.29, 0.717) is 12.6 Å². The van der Waals surface area contributed by atoms with Crippen molar-refractivity contribution in [2.45, 2.75) is 51.6 Å². The van der Waals surface area contributed by atoms with Crippen LogP contribution < -0.4 is 10.9 Å². The maximum Gasteiger partial charge on any atom is 0.255 e. The zero-order valence-electron chi connectivity index (χ0n) is 14.1. The van der Waals surface area contributed by atoms with Crippen LogP contribution in [0.2, 0.25) is 0 Å². The Morgan fingerprint density at radius 1 is 1.09 bits per heavy atom. The van der Waals surface area contributed by atoms with Crippen LogP contribution in [0.5, 0.6) is 0 Å². The molecule has 0 atom stereocenters. The van der Waals surface area contributed by atoms with Gasteiger partial charge in [-0.15, -0.1) is 0 Å². The first-order chi connectivity index (χ1) is 11.2. The van der Waals surface area contributed by atoms with Crippen LogP contribution in [-0.2, 0) is 20.0 Å². The molecule has 1 aromatic carbocycles. The molecule has 0 saturated heterocycles. The minimum absolute atomic E-state index is 0.104. The molecule has 3 rings (SSSR count). The summed E-state index contributed by atoms with van der Waals surface area (Å²) in [5.74, 6) is 0. The SMILES string of the molecule is CCc1ccc(-c2ccc(CNC3CCCC3)c(=O)n2C)cc1. The molecule has 0 unspecified atom stereocenters. The Kier molecular flexibility index (Phi) is 4.97. The number of nitrogens with zero attached hydrogens (tertiary/aromatic N) is 1. The molecule has 1 heterocycles. The van der Waals surface area contributed by atoms with Gasteiger partial charge in [-0.2, -0.15) is 0 Å². The Bertz CT molecular complexity index is 709. The number of benzene rings is 1. The highest BCUT2D eigenvalue weighted by Crippen LogP contribution is 2.20. The Morgan fingerprint density at radius 2 is 1.78 bits per heavy atom. The zero-order chi connectivity index (χ0) is 16.2. The van der Waals surface area contributed by atoms with Crippen LogP contribution in [0.25, 0.3) is 11.3 Å². The van der Waals surface area contributed by atoms with Gasteiger partial charge in [0.25, 0.3) is 5.56 Å². The summed E-state index contributed by atoms with van der Waals surface area (Å²) in [7, 11) is 1.87. The van der Waals surface area contributed by atoms with Crippen LogP contribution in [0.1, 0.15) is 43.7 Å². The zero-order valence-corrected chi connectivity index (χ0v) is 14.1. The van der Waals surface area contributed by atoms with Crippen molar-refractivity contribution in [3.63, 3.8) is 0 Å². The fourth-order valence-electron chi connectivity index (χ4n) is 3.41. The minimum atomic E-state index is 0.104. The van der Waals surface area contributed by atoms with Crippen molar-refractivity contribution in [2.75, 3.05) is 0 Å². The molecule has 1 aliphatic rings. The lowest BCUT2D eigenvalue weighted by atomic mass is 10.1. The van der Waals surface area contributed by atoms with Gasteiger partial charge in [-0.25, -0.2) is 0 Å². The fraction of sp³-hybridized carbons (Fsp3) is 0.450. The molecular formula is C20H26N2O. The van der Waals surface area contributed by atoms with Crippen molar-refractivity contribution < 1.29 is 0 Å². The average Bonchev–Trinajstić information content (AvgIpc) is 3.10. The Morgan fingerprint density at radius 3 is 2.43 bits per heavy atom. The second kappa shape index (κ2) is 7.14. The third kappa shape index (κ3) is 3.56. The topological polar surface area (TPSA) is 34.0 Å². The third-order valence-corrected chi connectivity index (χ3v) is 4.98. The van der Waals surface area contributed by atoms with E-state index in [9.17, 15) is 4.79 Å². The van der Waals surface area contributed by atoms with E-state index in [1.54, 1.807) is 4.57 Å². The van der Waals surface area contributed by atoms with Crippen LogP contribution in [-0.4, -0.2) is 10.6 Å². The predicted molar refractivity (Wildman–Crippen MR) is 95.6 cm³/mol. The van der Waals surface area contributed by atoms with E-state index in [1.165, 1.54) is 31.2 Å². The Hall–Kier alpha value is -1.87. The Balaban J connectivity index is 1.80. The standard InChI is InChI=1S/C20H26N2O/c1-3-15-8-10-16(11-9-15)19-13-12-17(20(23)22(19)2)14-21-18-6-4-5-7-18/h8-13,18,21H,3-7,14H2,1-2H3. The average molecular weight is 310 g/mol. The van der Waals surface area contributed by atoms with Crippen LogP contribution in [0.3, 0.4) is 0 Å². The van der Waals surface area contributed by atoms with E-state index in [0.717, 1.165) is 23.2 Å². The van der Waals surface area contributed by atoms with Gasteiger partial charge in [0.2, 0.25) is 0 Å². The first-order valence-electron chi connectivity index (χ1n) is 8.70. The van der Waals surface area contributed by atoms with Gasteiger partial charge in [-0.1, -0.05) is 50.1 Å². The largest absolute Gasteiger partial charge is 0.311 e. The molecule has 0 radical (unpaired) electrons. The van der Waals surface area contributed by atoms with E-state index in [1.807, 2.05) is 13.1 Å². The smallest absolute Gasteiger partial charge is 0.255 e. The number of nitrogens with one attached hydrogen (secondary N) is 1. The van der Waals surface area contributed by atoms with Gasteiger partial charge in [-0.05, 0) is 36.5 Å². The number of hydrogen-bond donors (Lipinski definition) is 1. The summed E-state index contributed by atoms with van der Waals surface area (Å²) in [5, 5.41) is 3.53. The van der Waals surface area contributed by atoms with Gasteiger partial charge in [0.15, 0.2) is 0 Å². The highest BCUT2D eigenvalue weighted by Gasteiger charge is 2.15. The maximum absolute atomic E-state index is 12.6. The van der Waals surface area contributed by atoms with Gasteiger partial charge in [0.05, 0.1) is 5.69 Å². The Labute approximate surface area is 138 Å². The second-order valence-corrected chi connectivity index (χ2v) is 6.52. The number of rotatable bonds is 5. The van der Waals surface area contributed by atoms with E-state index in [-0.39, 0.29) is 5.56 Å². The number of pyridine rings is 1. The van der Waals surface area contributed by atoms with E-state index in [2.05, 4.69) is 42.6 Å². The van der Waals surface area contributed by atoms with Gasteiger partial charge >= 0.3 is 0 Å². The van der Waals surface area contributed by atoms with Crippen LogP contribution >= 0.6 is 0 Å². The van der Waals surface area contributed by atoms with Gasteiger partial charge in [0.1, 0.15) is 0 Å². The summed E-state index contributed by atoms with van der Waals surface area (Å²) in [6.45, 7) is 2.82. The predicted octanol–water partition coefficient (Wildman–Crippen LogP) is 3.65. The van der Waals surface area contributed by atoms with Crippen molar-refractivity contribution in [1.29, 1.82) is 0 Å². The molecule has 3 heteroatoms. The molecule has 0 aliphatic heterocycles. The third-order valence-electron chi connectivity index (χ3n) is 4.98. The van der Waals surface area contributed by atoms with E-state index >= 15 is 0 Å². The number of aryl methyl sites for hydroxylation is 1. The van der Waals surface area contributed by atoms with Gasteiger partial charge < -0.3 is 9.88 Å². The van der Waals surface area contributed by atoms with Crippen molar-refractivity contribution in [3.8, 4) is 11.3 Å².